The fraction of sp³-hybridized carbons (Fsp3) is 0. The summed E-state index contributed by atoms with van der Waals surface area (Å²) >= 11 is 0. The highest BCUT2D eigenvalue weighted by atomic mass is 16.3. The van der Waals surface area contributed by atoms with Crippen LogP contribution in [-0.4, -0.2) is 5.11 Å². The number of phenolic OH excluding ortho intramolecular Hbond substituents is 1. The Morgan fingerprint density at radius 3 is 2.40 bits per heavy atom. The molecule has 0 saturated carbocycles. The van der Waals surface area contributed by atoms with E-state index in [9.17, 15) is 5.11 Å². The molecule has 1 radical (unpaired) electrons. The van der Waals surface area contributed by atoms with E-state index in [0.717, 1.165) is 16.2 Å². The van der Waals surface area contributed by atoms with Crippen LogP contribution in [0.5, 0.6) is 5.75 Å². The maximum atomic E-state index is 9.68. The SMILES string of the molecule is Oc1[c]ccc2cc3ccccc3cc12. The molecule has 1 N–H and O–H groups in total. The summed E-state index contributed by atoms with van der Waals surface area (Å²) in [4.78, 5) is 0. The van der Waals surface area contributed by atoms with Gasteiger partial charge in [-0.15, -0.1) is 0 Å². The Kier molecular flexibility index (Phi) is 1.65. The van der Waals surface area contributed by atoms with Gasteiger partial charge in [0.1, 0.15) is 5.75 Å². The van der Waals surface area contributed by atoms with E-state index in [1.165, 1.54) is 5.39 Å². The van der Waals surface area contributed by atoms with Gasteiger partial charge in [-0.3, -0.25) is 0 Å². The predicted molar refractivity (Wildman–Crippen MR) is 62.0 cm³/mol. The lowest BCUT2D eigenvalue weighted by Crippen LogP contribution is -1.76. The second-order valence-corrected chi connectivity index (χ2v) is 3.61. The lowest BCUT2D eigenvalue weighted by Gasteiger charge is -2.03. The Hall–Kier alpha value is -2.02. The number of rotatable bonds is 0. The fourth-order valence-electron chi connectivity index (χ4n) is 1.89. The van der Waals surface area contributed by atoms with Crippen molar-refractivity contribution in [3.05, 3.63) is 54.6 Å². The van der Waals surface area contributed by atoms with Gasteiger partial charge < -0.3 is 5.11 Å². The average molecular weight is 193 g/mol. The van der Waals surface area contributed by atoms with Crippen LogP contribution in [0.1, 0.15) is 0 Å². The first-order chi connectivity index (χ1) is 7.34. The summed E-state index contributed by atoms with van der Waals surface area (Å²) in [5.74, 6) is 0.221. The van der Waals surface area contributed by atoms with Crippen LogP contribution in [0.3, 0.4) is 0 Å². The van der Waals surface area contributed by atoms with Crippen molar-refractivity contribution in [2.75, 3.05) is 0 Å². The van der Waals surface area contributed by atoms with Crippen molar-refractivity contribution in [2.24, 2.45) is 0 Å². The van der Waals surface area contributed by atoms with Crippen LogP contribution in [0.25, 0.3) is 21.5 Å². The summed E-state index contributed by atoms with van der Waals surface area (Å²) in [6, 6.07) is 18.7. The molecule has 0 fully saturated rings. The Bertz CT molecular complexity index is 641. The summed E-state index contributed by atoms with van der Waals surface area (Å²) in [7, 11) is 0. The molecule has 0 aliphatic carbocycles. The molecule has 0 amide bonds. The smallest absolute Gasteiger partial charge is 0.131 e. The molecule has 0 unspecified atom stereocenters. The highest BCUT2D eigenvalue weighted by molar-refractivity contribution is 6.00. The molecular formula is C14H9O. The third-order valence-electron chi connectivity index (χ3n) is 2.66. The molecule has 0 bridgehead atoms. The standard InChI is InChI=1S/C14H9O/c15-14-7-3-6-12-8-10-4-1-2-5-11(10)9-13(12)14/h1-6,8-9,15H. The van der Waals surface area contributed by atoms with Gasteiger partial charge >= 0.3 is 0 Å². The van der Waals surface area contributed by atoms with E-state index in [1.807, 2.05) is 30.3 Å². The zero-order valence-electron chi connectivity index (χ0n) is 8.07. The summed E-state index contributed by atoms with van der Waals surface area (Å²) in [5, 5.41) is 13.9. The lowest BCUT2D eigenvalue weighted by atomic mass is 10.0. The molecule has 3 rings (SSSR count). The molecule has 71 valence electrons. The maximum absolute atomic E-state index is 9.68. The molecule has 0 heterocycles. The van der Waals surface area contributed by atoms with Crippen molar-refractivity contribution in [3.63, 3.8) is 0 Å². The minimum absolute atomic E-state index is 0.221. The highest BCUT2D eigenvalue weighted by Gasteiger charge is 2.00. The van der Waals surface area contributed by atoms with Gasteiger partial charge in [0.25, 0.3) is 0 Å². The number of hydrogen-bond acceptors (Lipinski definition) is 1. The van der Waals surface area contributed by atoms with Crippen molar-refractivity contribution in [1.29, 1.82) is 0 Å². The largest absolute Gasteiger partial charge is 0.507 e. The Balaban J connectivity index is 2.53. The van der Waals surface area contributed by atoms with Gasteiger partial charge in [0.2, 0.25) is 0 Å². The van der Waals surface area contributed by atoms with Gasteiger partial charge in [-0.2, -0.15) is 0 Å². The predicted octanol–water partition coefficient (Wildman–Crippen LogP) is 3.50. The third-order valence-corrected chi connectivity index (χ3v) is 2.66. The van der Waals surface area contributed by atoms with Gasteiger partial charge in [-0.1, -0.05) is 30.3 Å². The first-order valence-corrected chi connectivity index (χ1v) is 4.87. The summed E-state index contributed by atoms with van der Waals surface area (Å²) in [6.07, 6.45) is 0. The first-order valence-electron chi connectivity index (χ1n) is 4.87. The van der Waals surface area contributed by atoms with Crippen LogP contribution >= 0.6 is 0 Å². The molecule has 1 nitrogen and oxygen atoms in total. The quantitative estimate of drug-likeness (QED) is 0.542. The number of aromatic hydroxyl groups is 1. The van der Waals surface area contributed by atoms with Crippen molar-refractivity contribution in [3.8, 4) is 5.75 Å². The van der Waals surface area contributed by atoms with Crippen molar-refractivity contribution >= 4 is 21.5 Å². The van der Waals surface area contributed by atoms with E-state index < -0.39 is 0 Å². The lowest BCUT2D eigenvalue weighted by molar-refractivity contribution is 0.480. The van der Waals surface area contributed by atoms with Crippen LogP contribution in [0.4, 0.5) is 0 Å². The van der Waals surface area contributed by atoms with E-state index in [-0.39, 0.29) is 5.75 Å². The Labute approximate surface area is 87.6 Å². The minimum atomic E-state index is 0.221. The summed E-state index contributed by atoms with van der Waals surface area (Å²) < 4.78 is 0. The van der Waals surface area contributed by atoms with Gasteiger partial charge in [-0.25, -0.2) is 0 Å². The van der Waals surface area contributed by atoms with E-state index in [2.05, 4.69) is 18.2 Å². The molecule has 0 aliphatic heterocycles. The normalized spacial score (nSPS) is 10.9. The van der Waals surface area contributed by atoms with Gasteiger partial charge in [0.15, 0.2) is 0 Å². The third kappa shape index (κ3) is 1.24. The van der Waals surface area contributed by atoms with Gasteiger partial charge in [0.05, 0.1) is 0 Å². The van der Waals surface area contributed by atoms with E-state index in [1.54, 1.807) is 6.07 Å². The van der Waals surface area contributed by atoms with Crippen LogP contribution < -0.4 is 0 Å². The maximum Gasteiger partial charge on any atom is 0.131 e. The fourth-order valence-corrected chi connectivity index (χ4v) is 1.89. The van der Waals surface area contributed by atoms with Crippen molar-refractivity contribution in [1.82, 2.24) is 0 Å². The molecule has 0 atom stereocenters. The second-order valence-electron chi connectivity index (χ2n) is 3.61. The van der Waals surface area contributed by atoms with Crippen molar-refractivity contribution < 1.29 is 5.11 Å². The molecule has 0 aliphatic rings. The zero-order valence-corrected chi connectivity index (χ0v) is 8.07. The Morgan fingerprint density at radius 1 is 0.867 bits per heavy atom. The average Bonchev–Trinajstić information content (AvgIpc) is 2.27. The summed E-state index contributed by atoms with van der Waals surface area (Å²) in [5.41, 5.74) is 0. The molecule has 3 aromatic carbocycles. The molecular weight excluding hydrogens is 184 g/mol. The number of fused-ring (bicyclic) bond motifs is 2. The van der Waals surface area contributed by atoms with Crippen LogP contribution in [0, 0.1) is 6.07 Å². The molecule has 0 aromatic heterocycles. The van der Waals surface area contributed by atoms with Crippen LogP contribution in [0.2, 0.25) is 0 Å². The van der Waals surface area contributed by atoms with E-state index in [0.29, 0.717) is 0 Å². The minimum Gasteiger partial charge on any atom is -0.507 e. The molecule has 15 heavy (non-hydrogen) atoms. The monoisotopic (exact) mass is 193 g/mol. The number of phenols is 1. The van der Waals surface area contributed by atoms with E-state index in [4.69, 9.17) is 0 Å². The molecule has 0 saturated heterocycles. The van der Waals surface area contributed by atoms with Crippen LogP contribution in [0.15, 0.2) is 48.5 Å². The Morgan fingerprint density at radius 2 is 1.60 bits per heavy atom. The zero-order chi connectivity index (χ0) is 10.3. The molecule has 0 spiro atoms. The van der Waals surface area contributed by atoms with Crippen molar-refractivity contribution in [2.45, 2.75) is 0 Å². The van der Waals surface area contributed by atoms with E-state index >= 15 is 0 Å². The summed E-state index contributed by atoms with van der Waals surface area (Å²) in [6.45, 7) is 0. The van der Waals surface area contributed by atoms with Crippen LogP contribution in [-0.2, 0) is 0 Å². The molecule has 3 aromatic rings. The molecule has 1 heteroatoms. The van der Waals surface area contributed by atoms with Gasteiger partial charge in [-0.05, 0) is 34.4 Å². The van der Waals surface area contributed by atoms with Gasteiger partial charge in [0, 0.05) is 11.5 Å². The number of hydrogen-bond donors (Lipinski definition) is 1. The topological polar surface area (TPSA) is 20.2 Å². The first kappa shape index (κ1) is 8.30. The highest BCUT2D eigenvalue weighted by Crippen LogP contribution is 2.28. The number of benzene rings is 3. The second kappa shape index (κ2) is 2.99.